The van der Waals surface area contributed by atoms with E-state index in [1.807, 2.05) is 28.3 Å². The van der Waals surface area contributed by atoms with E-state index in [1.54, 1.807) is 11.8 Å². The van der Waals surface area contributed by atoms with Gasteiger partial charge in [0.1, 0.15) is 5.70 Å². The van der Waals surface area contributed by atoms with Crippen LogP contribution in [0.15, 0.2) is 23.0 Å². The van der Waals surface area contributed by atoms with E-state index in [0.29, 0.717) is 12.3 Å². The van der Waals surface area contributed by atoms with Gasteiger partial charge in [-0.15, -0.1) is 0 Å². The second-order valence-corrected chi connectivity index (χ2v) is 7.38. The standard InChI is InChI=1S/C16H24N4O2S/c1-11-14(20-9-10-23-16(20)18-11)15(22)19-7-5-12(6-8-19)3-2-4-13(17)21/h9-10,12,16,18H,2-8H2,1H3,(H2,17,21). The van der Waals surface area contributed by atoms with Gasteiger partial charge >= 0.3 is 0 Å². The van der Waals surface area contributed by atoms with Crippen LogP contribution in [0.1, 0.15) is 39.0 Å². The molecule has 3 N–H and O–H groups in total. The highest BCUT2D eigenvalue weighted by molar-refractivity contribution is 8.02. The number of nitrogens with two attached hydrogens (primary N) is 1. The summed E-state index contributed by atoms with van der Waals surface area (Å²) in [7, 11) is 0. The van der Waals surface area contributed by atoms with Crippen LogP contribution in [0.4, 0.5) is 0 Å². The van der Waals surface area contributed by atoms with Crippen molar-refractivity contribution in [1.82, 2.24) is 15.1 Å². The van der Waals surface area contributed by atoms with Gasteiger partial charge in [-0.1, -0.05) is 11.8 Å². The molecule has 0 bridgehead atoms. The zero-order chi connectivity index (χ0) is 16.4. The molecule has 7 heteroatoms. The van der Waals surface area contributed by atoms with Crippen molar-refractivity contribution in [2.24, 2.45) is 11.7 Å². The average molecular weight is 336 g/mol. The van der Waals surface area contributed by atoms with Crippen LogP contribution in [0.5, 0.6) is 0 Å². The average Bonchev–Trinajstić information content (AvgIpc) is 3.07. The van der Waals surface area contributed by atoms with Gasteiger partial charge in [-0.25, -0.2) is 0 Å². The summed E-state index contributed by atoms with van der Waals surface area (Å²) in [5.74, 6) is 0.505. The number of piperidine rings is 1. The van der Waals surface area contributed by atoms with Gasteiger partial charge in [0.05, 0.1) is 0 Å². The Morgan fingerprint density at radius 2 is 2.13 bits per heavy atom. The normalized spacial score (nSPS) is 24.1. The molecule has 0 spiro atoms. The van der Waals surface area contributed by atoms with Gasteiger partial charge in [-0.3, -0.25) is 9.59 Å². The number of primary amides is 1. The number of hydrogen-bond donors (Lipinski definition) is 2. The summed E-state index contributed by atoms with van der Waals surface area (Å²) in [5, 5.41) is 5.36. The first-order valence-corrected chi connectivity index (χ1v) is 9.16. The number of carbonyl (C=O) groups is 2. The second-order valence-electron chi connectivity index (χ2n) is 6.39. The molecule has 0 aromatic heterocycles. The van der Waals surface area contributed by atoms with Gasteiger partial charge in [0.2, 0.25) is 5.91 Å². The lowest BCUT2D eigenvalue weighted by Crippen LogP contribution is -2.41. The zero-order valence-electron chi connectivity index (χ0n) is 13.5. The molecule has 1 saturated heterocycles. The third-order valence-electron chi connectivity index (χ3n) is 4.77. The Hall–Kier alpha value is -1.63. The van der Waals surface area contributed by atoms with Crippen molar-refractivity contribution < 1.29 is 9.59 Å². The minimum absolute atomic E-state index is 0.125. The molecule has 1 unspecified atom stereocenters. The molecule has 3 aliphatic rings. The van der Waals surface area contributed by atoms with Crippen molar-refractivity contribution in [1.29, 1.82) is 0 Å². The monoisotopic (exact) mass is 336 g/mol. The van der Waals surface area contributed by atoms with Gasteiger partial charge in [0, 0.05) is 31.4 Å². The predicted molar refractivity (Wildman–Crippen MR) is 90.5 cm³/mol. The highest BCUT2D eigenvalue weighted by Crippen LogP contribution is 2.35. The number of fused-ring (bicyclic) bond motifs is 1. The maximum absolute atomic E-state index is 12.8. The summed E-state index contributed by atoms with van der Waals surface area (Å²) in [6, 6.07) is 0. The first-order chi connectivity index (χ1) is 11.1. The van der Waals surface area contributed by atoms with Crippen molar-refractivity contribution in [2.75, 3.05) is 13.1 Å². The van der Waals surface area contributed by atoms with Crippen LogP contribution in [0, 0.1) is 5.92 Å². The molecule has 23 heavy (non-hydrogen) atoms. The topological polar surface area (TPSA) is 78.7 Å². The summed E-state index contributed by atoms with van der Waals surface area (Å²) < 4.78 is 0. The number of carbonyl (C=O) groups excluding carboxylic acids is 2. The predicted octanol–water partition coefficient (Wildman–Crippen LogP) is 1.52. The summed E-state index contributed by atoms with van der Waals surface area (Å²) >= 11 is 1.68. The van der Waals surface area contributed by atoms with Crippen LogP contribution >= 0.6 is 11.8 Å². The first-order valence-electron chi connectivity index (χ1n) is 8.21. The SMILES string of the molecule is CC1=C(C(=O)N2CCC(CCCC(N)=O)CC2)N2C=CSC2N1. The van der Waals surface area contributed by atoms with Gasteiger partial charge in [0.15, 0.2) is 5.50 Å². The Morgan fingerprint density at radius 1 is 1.39 bits per heavy atom. The summed E-state index contributed by atoms with van der Waals surface area (Å²) in [6.07, 6.45) is 6.36. The van der Waals surface area contributed by atoms with Crippen molar-refractivity contribution >= 4 is 23.6 Å². The highest BCUT2D eigenvalue weighted by atomic mass is 32.2. The van der Waals surface area contributed by atoms with E-state index in [4.69, 9.17) is 5.73 Å². The van der Waals surface area contributed by atoms with Crippen LogP contribution in [0.25, 0.3) is 0 Å². The van der Waals surface area contributed by atoms with Gasteiger partial charge in [-0.05, 0) is 43.9 Å². The van der Waals surface area contributed by atoms with E-state index in [1.165, 1.54) is 0 Å². The summed E-state index contributed by atoms with van der Waals surface area (Å²) in [4.78, 5) is 27.6. The molecule has 3 heterocycles. The molecule has 3 aliphatic heterocycles. The molecule has 6 nitrogen and oxygen atoms in total. The molecular weight excluding hydrogens is 312 g/mol. The lowest BCUT2D eigenvalue weighted by atomic mass is 9.91. The Labute approximate surface area is 141 Å². The van der Waals surface area contributed by atoms with E-state index in [-0.39, 0.29) is 17.3 Å². The lowest BCUT2D eigenvalue weighted by molar-refractivity contribution is -0.129. The molecule has 0 saturated carbocycles. The van der Waals surface area contributed by atoms with Crippen LogP contribution < -0.4 is 11.1 Å². The number of nitrogens with zero attached hydrogens (tertiary/aromatic N) is 2. The Morgan fingerprint density at radius 3 is 2.83 bits per heavy atom. The third kappa shape index (κ3) is 3.49. The number of likely N-dealkylation sites (tertiary alicyclic amines) is 1. The number of hydrogen-bond acceptors (Lipinski definition) is 5. The first kappa shape index (κ1) is 16.2. The van der Waals surface area contributed by atoms with Crippen LogP contribution in [0.3, 0.4) is 0 Å². The molecular formula is C16H24N4O2S. The maximum atomic E-state index is 12.8. The second kappa shape index (κ2) is 6.86. The van der Waals surface area contributed by atoms with Gasteiger partial charge < -0.3 is 20.9 Å². The Balaban J connectivity index is 1.52. The van der Waals surface area contributed by atoms with Crippen molar-refractivity contribution in [3.63, 3.8) is 0 Å². The minimum Gasteiger partial charge on any atom is -0.370 e. The minimum atomic E-state index is -0.222. The number of amides is 2. The Kier molecular flexibility index (Phi) is 4.84. The number of nitrogens with one attached hydrogen (secondary N) is 1. The molecule has 126 valence electrons. The van der Waals surface area contributed by atoms with Crippen LogP contribution in [0.2, 0.25) is 0 Å². The van der Waals surface area contributed by atoms with E-state index < -0.39 is 0 Å². The molecule has 0 aromatic carbocycles. The van der Waals surface area contributed by atoms with Crippen molar-refractivity contribution in [3.8, 4) is 0 Å². The molecule has 1 fully saturated rings. The smallest absolute Gasteiger partial charge is 0.272 e. The van der Waals surface area contributed by atoms with E-state index >= 15 is 0 Å². The van der Waals surface area contributed by atoms with E-state index in [0.717, 1.165) is 50.2 Å². The van der Waals surface area contributed by atoms with E-state index in [2.05, 4.69) is 5.32 Å². The number of rotatable bonds is 5. The summed E-state index contributed by atoms with van der Waals surface area (Å²) in [6.45, 7) is 3.56. The fourth-order valence-corrected chi connectivity index (χ4v) is 4.37. The highest BCUT2D eigenvalue weighted by Gasteiger charge is 2.37. The molecule has 0 aromatic rings. The zero-order valence-corrected chi connectivity index (χ0v) is 14.3. The largest absolute Gasteiger partial charge is 0.370 e. The van der Waals surface area contributed by atoms with Crippen molar-refractivity contribution in [3.05, 3.63) is 23.0 Å². The Bertz CT molecular complexity index is 552. The number of thioether (sulfide) groups is 1. The molecule has 2 amide bonds. The maximum Gasteiger partial charge on any atom is 0.272 e. The molecule has 1 atom stereocenters. The quantitative estimate of drug-likeness (QED) is 0.796. The molecule has 3 rings (SSSR count). The van der Waals surface area contributed by atoms with Gasteiger partial charge in [0.25, 0.3) is 5.91 Å². The third-order valence-corrected chi connectivity index (χ3v) is 5.66. The number of allylic oxidation sites excluding steroid dienone is 1. The van der Waals surface area contributed by atoms with E-state index in [9.17, 15) is 9.59 Å². The summed E-state index contributed by atoms with van der Waals surface area (Å²) in [5.41, 5.74) is 7.06. The lowest BCUT2D eigenvalue weighted by Gasteiger charge is -2.33. The fraction of sp³-hybridized carbons (Fsp3) is 0.625. The molecule has 0 aliphatic carbocycles. The van der Waals surface area contributed by atoms with Gasteiger partial charge in [-0.2, -0.15) is 0 Å². The fourth-order valence-electron chi connectivity index (χ4n) is 3.47. The molecule has 0 radical (unpaired) electrons. The van der Waals surface area contributed by atoms with Crippen molar-refractivity contribution in [2.45, 2.75) is 44.5 Å². The van der Waals surface area contributed by atoms with Crippen LogP contribution in [-0.4, -0.2) is 40.2 Å². The van der Waals surface area contributed by atoms with Crippen LogP contribution in [-0.2, 0) is 9.59 Å².